The molecule has 0 aliphatic heterocycles. The molecule has 3 nitrogen and oxygen atoms in total. The van der Waals surface area contributed by atoms with Crippen molar-refractivity contribution in [2.75, 3.05) is 6.61 Å². The summed E-state index contributed by atoms with van der Waals surface area (Å²) in [5.74, 6) is 1.03. The van der Waals surface area contributed by atoms with Crippen LogP contribution in [0.3, 0.4) is 0 Å². The van der Waals surface area contributed by atoms with Gasteiger partial charge >= 0.3 is 0 Å². The highest BCUT2D eigenvalue weighted by Crippen LogP contribution is 2.23. The van der Waals surface area contributed by atoms with Gasteiger partial charge < -0.3 is 15.3 Å². The Bertz CT molecular complexity index is 546. The second-order valence-corrected chi connectivity index (χ2v) is 5.66. The predicted octanol–water partition coefficient (Wildman–Crippen LogP) is 3.13. The number of hydrogen-bond acceptors (Lipinski definition) is 3. The third-order valence-corrected chi connectivity index (χ3v) is 3.97. The quantitative estimate of drug-likeness (QED) is 0.764. The smallest absolute Gasteiger partial charge is 0.115 e. The van der Waals surface area contributed by atoms with Gasteiger partial charge in [0.2, 0.25) is 0 Å². The topological polar surface area (TPSA) is 60.7 Å². The van der Waals surface area contributed by atoms with Crippen LogP contribution in [0.5, 0.6) is 11.5 Å². The highest BCUT2D eigenvalue weighted by Gasteiger charge is 2.17. The molecule has 2 atom stereocenters. The van der Waals surface area contributed by atoms with Gasteiger partial charge in [-0.15, -0.1) is 0 Å². The third-order valence-electron chi connectivity index (χ3n) is 3.97. The predicted molar refractivity (Wildman–Crippen MR) is 83.4 cm³/mol. The number of phenols is 2. The summed E-state index contributed by atoms with van der Waals surface area (Å²) < 4.78 is 0. The van der Waals surface area contributed by atoms with E-state index in [0.717, 1.165) is 24.0 Å². The normalized spacial score (nSPS) is 13.8. The maximum absolute atomic E-state index is 9.65. The number of hydrogen-bond donors (Lipinski definition) is 3. The molecule has 0 radical (unpaired) electrons. The monoisotopic (exact) mass is 286 g/mol. The fourth-order valence-corrected chi connectivity index (χ4v) is 2.55. The van der Waals surface area contributed by atoms with E-state index < -0.39 is 0 Å². The minimum atomic E-state index is 0.139. The van der Waals surface area contributed by atoms with Gasteiger partial charge in [-0.05, 0) is 60.1 Å². The SMILES string of the molecule is CC(Cc1ccc(O)cc1)C(CO)Cc1ccc(O)cc1. The van der Waals surface area contributed by atoms with Crippen molar-refractivity contribution in [3.05, 3.63) is 59.7 Å². The van der Waals surface area contributed by atoms with E-state index in [0.29, 0.717) is 5.92 Å². The molecule has 2 aromatic rings. The van der Waals surface area contributed by atoms with Crippen molar-refractivity contribution in [2.45, 2.75) is 19.8 Å². The van der Waals surface area contributed by atoms with Crippen LogP contribution in [0.1, 0.15) is 18.1 Å². The molecule has 0 aliphatic rings. The number of rotatable bonds is 6. The third kappa shape index (κ3) is 4.50. The Morgan fingerprint density at radius 1 is 0.762 bits per heavy atom. The molecule has 3 N–H and O–H groups in total. The fraction of sp³-hybridized carbons (Fsp3) is 0.333. The van der Waals surface area contributed by atoms with E-state index in [9.17, 15) is 15.3 Å². The van der Waals surface area contributed by atoms with Gasteiger partial charge in [-0.3, -0.25) is 0 Å². The average Bonchev–Trinajstić information content (AvgIpc) is 2.49. The zero-order valence-corrected chi connectivity index (χ0v) is 12.2. The summed E-state index contributed by atoms with van der Waals surface area (Å²) in [5, 5.41) is 28.3. The van der Waals surface area contributed by atoms with Crippen LogP contribution in [0.4, 0.5) is 0 Å². The van der Waals surface area contributed by atoms with Crippen molar-refractivity contribution in [3.8, 4) is 11.5 Å². The van der Waals surface area contributed by atoms with Crippen LogP contribution in [-0.4, -0.2) is 21.9 Å². The second-order valence-electron chi connectivity index (χ2n) is 5.66. The standard InChI is InChI=1S/C18H22O3/c1-13(10-14-2-6-17(20)7-3-14)16(12-19)11-15-4-8-18(21)9-5-15/h2-9,13,16,19-21H,10-12H2,1H3. The molecule has 2 unspecified atom stereocenters. The molecule has 3 heteroatoms. The number of aliphatic hydroxyl groups is 1. The molecule has 0 heterocycles. The Balaban J connectivity index is 1.99. The number of aliphatic hydroxyl groups excluding tert-OH is 1. The average molecular weight is 286 g/mol. The zero-order chi connectivity index (χ0) is 15.2. The first-order valence-electron chi connectivity index (χ1n) is 7.25. The fourth-order valence-electron chi connectivity index (χ4n) is 2.55. The Kier molecular flexibility index (Phi) is 5.23. The highest BCUT2D eigenvalue weighted by molar-refractivity contribution is 5.27. The van der Waals surface area contributed by atoms with E-state index in [1.165, 1.54) is 0 Å². The van der Waals surface area contributed by atoms with E-state index in [1.54, 1.807) is 24.3 Å². The lowest BCUT2D eigenvalue weighted by molar-refractivity contribution is 0.181. The molecule has 21 heavy (non-hydrogen) atoms. The first-order chi connectivity index (χ1) is 10.1. The molecular weight excluding hydrogens is 264 g/mol. The summed E-state index contributed by atoms with van der Waals surface area (Å²) >= 11 is 0. The minimum absolute atomic E-state index is 0.139. The van der Waals surface area contributed by atoms with Crippen LogP contribution in [0, 0.1) is 11.8 Å². The number of benzene rings is 2. The van der Waals surface area contributed by atoms with Crippen LogP contribution < -0.4 is 0 Å². The summed E-state index contributed by atoms with van der Waals surface area (Å²) in [7, 11) is 0. The molecular formula is C18H22O3. The van der Waals surface area contributed by atoms with Crippen molar-refractivity contribution in [2.24, 2.45) is 11.8 Å². The van der Waals surface area contributed by atoms with Crippen LogP contribution in [0.2, 0.25) is 0 Å². The molecule has 0 spiro atoms. The zero-order valence-electron chi connectivity index (χ0n) is 12.2. The molecule has 0 bridgehead atoms. The van der Waals surface area contributed by atoms with Crippen LogP contribution in [0.25, 0.3) is 0 Å². The number of aromatic hydroxyl groups is 2. The molecule has 2 aromatic carbocycles. The summed E-state index contributed by atoms with van der Waals surface area (Å²) in [6.45, 7) is 2.27. The maximum atomic E-state index is 9.65. The first kappa shape index (κ1) is 15.4. The number of phenolic OH excluding ortho intramolecular Hbond substituents is 2. The van der Waals surface area contributed by atoms with E-state index in [1.807, 2.05) is 24.3 Å². The molecule has 0 saturated heterocycles. The summed E-state index contributed by atoms with van der Waals surface area (Å²) in [6, 6.07) is 14.4. The summed E-state index contributed by atoms with van der Waals surface area (Å²) in [6.07, 6.45) is 1.65. The highest BCUT2D eigenvalue weighted by atomic mass is 16.3. The molecule has 2 rings (SSSR count). The van der Waals surface area contributed by atoms with Gasteiger partial charge in [-0.1, -0.05) is 31.2 Å². The Labute approximate surface area is 125 Å². The summed E-state index contributed by atoms with van der Waals surface area (Å²) in [4.78, 5) is 0. The Morgan fingerprint density at radius 2 is 1.19 bits per heavy atom. The molecule has 0 aliphatic carbocycles. The van der Waals surface area contributed by atoms with Gasteiger partial charge in [0.15, 0.2) is 0 Å². The Hall–Kier alpha value is -2.00. The largest absolute Gasteiger partial charge is 0.508 e. The van der Waals surface area contributed by atoms with Gasteiger partial charge in [-0.25, -0.2) is 0 Å². The van der Waals surface area contributed by atoms with Gasteiger partial charge in [-0.2, -0.15) is 0 Å². The van der Waals surface area contributed by atoms with Gasteiger partial charge in [0.05, 0.1) is 0 Å². The van der Waals surface area contributed by atoms with Crippen LogP contribution in [0.15, 0.2) is 48.5 Å². The molecule has 0 aromatic heterocycles. The first-order valence-corrected chi connectivity index (χ1v) is 7.25. The van der Waals surface area contributed by atoms with E-state index >= 15 is 0 Å². The minimum Gasteiger partial charge on any atom is -0.508 e. The second kappa shape index (κ2) is 7.14. The van der Waals surface area contributed by atoms with Crippen molar-refractivity contribution in [3.63, 3.8) is 0 Å². The Morgan fingerprint density at radius 3 is 1.62 bits per heavy atom. The molecule has 0 fully saturated rings. The maximum Gasteiger partial charge on any atom is 0.115 e. The molecule has 0 saturated carbocycles. The van der Waals surface area contributed by atoms with Crippen molar-refractivity contribution < 1.29 is 15.3 Å². The summed E-state index contributed by atoms with van der Waals surface area (Å²) in [5.41, 5.74) is 2.27. The molecule has 0 amide bonds. The molecule has 112 valence electrons. The lowest BCUT2D eigenvalue weighted by atomic mass is 9.84. The van der Waals surface area contributed by atoms with Gasteiger partial charge in [0.25, 0.3) is 0 Å². The van der Waals surface area contributed by atoms with Gasteiger partial charge in [0.1, 0.15) is 11.5 Å². The van der Waals surface area contributed by atoms with Crippen molar-refractivity contribution in [1.82, 2.24) is 0 Å². The van der Waals surface area contributed by atoms with Crippen molar-refractivity contribution in [1.29, 1.82) is 0 Å². The van der Waals surface area contributed by atoms with Gasteiger partial charge in [0, 0.05) is 6.61 Å². The van der Waals surface area contributed by atoms with Crippen LogP contribution in [-0.2, 0) is 12.8 Å². The lowest BCUT2D eigenvalue weighted by Crippen LogP contribution is -2.20. The van der Waals surface area contributed by atoms with Crippen molar-refractivity contribution >= 4 is 0 Å². The van der Waals surface area contributed by atoms with Crippen LogP contribution >= 0.6 is 0 Å². The van der Waals surface area contributed by atoms with E-state index in [-0.39, 0.29) is 24.0 Å². The van der Waals surface area contributed by atoms with E-state index in [4.69, 9.17) is 0 Å². The van der Waals surface area contributed by atoms with E-state index in [2.05, 4.69) is 6.92 Å². The lowest BCUT2D eigenvalue weighted by Gasteiger charge is -2.22.